The van der Waals surface area contributed by atoms with Crippen LogP contribution in [0.2, 0.25) is 0 Å². The van der Waals surface area contributed by atoms with E-state index in [-0.39, 0.29) is 77.1 Å². The van der Waals surface area contributed by atoms with E-state index in [1.54, 1.807) is 23.1 Å². The number of hydrogen-bond donors (Lipinski definition) is 6. The van der Waals surface area contributed by atoms with Gasteiger partial charge in [-0.15, -0.1) is 5.10 Å². The number of piperazine rings is 1. The Hall–Kier alpha value is -7.43. The molecule has 320 valence electrons. The molecular formula is C45H47FN10O6. The van der Waals surface area contributed by atoms with E-state index in [2.05, 4.69) is 37.2 Å². The molecule has 8 rings (SSSR count). The summed E-state index contributed by atoms with van der Waals surface area (Å²) in [5, 5.41) is 57.8. The molecule has 16 nitrogen and oxygen atoms in total. The first kappa shape index (κ1) is 41.3. The number of phenols is 3. The fraction of sp³-hybridized carbons (Fsp3) is 0.289. The molecule has 62 heavy (non-hydrogen) atoms. The van der Waals surface area contributed by atoms with Gasteiger partial charge in [-0.3, -0.25) is 9.59 Å². The molecule has 0 saturated carbocycles. The van der Waals surface area contributed by atoms with Gasteiger partial charge in [0.1, 0.15) is 28.9 Å². The van der Waals surface area contributed by atoms with E-state index < -0.39 is 11.8 Å². The summed E-state index contributed by atoms with van der Waals surface area (Å²) < 4.78 is 16.7. The Kier molecular flexibility index (Phi) is 11.5. The zero-order valence-corrected chi connectivity index (χ0v) is 34.3. The second-order valence-corrected chi connectivity index (χ2v) is 15.6. The maximum atomic E-state index is 15.5. The van der Waals surface area contributed by atoms with Gasteiger partial charge in [-0.25, -0.2) is 13.9 Å². The number of phenolic OH excluding ortho intramolecular Hbond substituents is 3. The standard InChI is InChI=1S/C45H47FN10O6/c1-4-41(61)53-15-17-54(18-16-53)42-32-12-14-55(37-21-30(57)19-27-7-5-6-8-31(27)37)25-36(32)49-44(50-42)47-13-11-40(60)48-24-28-9-10-29(20-35(28)46)56-43(51-52-45(56)62)34-22-33(26(2)3)38(58)23-39(34)59/h4-10,19-23,26,57-59H,1,11-18,24-25H2,2-3H3,(H,48,60)(H,52,62)(H,47,49,50). The minimum Gasteiger partial charge on any atom is -0.508 e. The molecule has 1 saturated heterocycles. The predicted molar refractivity (Wildman–Crippen MR) is 232 cm³/mol. The summed E-state index contributed by atoms with van der Waals surface area (Å²) in [5.74, 6) is -0.256. The van der Waals surface area contributed by atoms with E-state index in [1.807, 2.05) is 38.1 Å². The van der Waals surface area contributed by atoms with E-state index in [1.165, 1.54) is 34.9 Å². The van der Waals surface area contributed by atoms with Crippen LogP contribution in [0.3, 0.4) is 0 Å². The Balaban J connectivity index is 0.951. The Labute approximate surface area is 356 Å². The highest BCUT2D eigenvalue weighted by Gasteiger charge is 2.29. The molecule has 2 aliphatic heterocycles. The molecule has 0 atom stereocenters. The zero-order valence-electron chi connectivity index (χ0n) is 34.3. The van der Waals surface area contributed by atoms with Crippen LogP contribution < -0.4 is 20.4 Å². The molecule has 2 amide bonds. The number of benzene rings is 4. The van der Waals surface area contributed by atoms with Gasteiger partial charge in [-0.2, -0.15) is 4.98 Å². The van der Waals surface area contributed by atoms with Crippen molar-refractivity contribution in [3.8, 4) is 40.3 Å². The Bertz CT molecular complexity index is 2700. The number of anilines is 3. The van der Waals surface area contributed by atoms with Crippen molar-refractivity contribution in [1.29, 1.82) is 0 Å². The largest absolute Gasteiger partial charge is 0.508 e. The summed E-state index contributed by atoms with van der Waals surface area (Å²) in [4.78, 5) is 41.3. The van der Waals surface area contributed by atoms with Gasteiger partial charge in [0.25, 0.3) is 0 Å². The normalized spacial score (nSPS) is 14.0. The van der Waals surface area contributed by atoms with Crippen molar-refractivity contribution in [3.63, 3.8) is 0 Å². The van der Waals surface area contributed by atoms with Gasteiger partial charge in [0.05, 0.1) is 23.5 Å². The maximum absolute atomic E-state index is 15.5. The van der Waals surface area contributed by atoms with E-state index in [4.69, 9.17) is 9.97 Å². The topological polar surface area (TPSA) is 205 Å². The monoisotopic (exact) mass is 842 g/mol. The summed E-state index contributed by atoms with van der Waals surface area (Å²) >= 11 is 0. The Morgan fingerprint density at radius 2 is 1.69 bits per heavy atom. The minimum atomic E-state index is -0.657. The van der Waals surface area contributed by atoms with Gasteiger partial charge >= 0.3 is 6.01 Å². The molecule has 17 heteroatoms. The van der Waals surface area contributed by atoms with Crippen LogP contribution in [-0.2, 0) is 29.1 Å². The van der Waals surface area contributed by atoms with Crippen LogP contribution in [0.25, 0.3) is 27.8 Å². The van der Waals surface area contributed by atoms with Crippen molar-refractivity contribution >= 4 is 40.0 Å². The highest BCUT2D eigenvalue weighted by molar-refractivity contribution is 5.96. The molecule has 0 radical (unpaired) electrons. The average Bonchev–Trinajstić information content (AvgIpc) is 3.65. The number of halogens is 1. The number of hydrogen-bond acceptors (Lipinski definition) is 13. The van der Waals surface area contributed by atoms with E-state index >= 15 is 4.39 Å². The van der Waals surface area contributed by atoms with Crippen LogP contribution in [-0.4, -0.2) is 101 Å². The molecule has 1 fully saturated rings. The molecule has 6 aromatic rings. The fourth-order valence-electron chi connectivity index (χ4n) is 8.07. The second kappa shape index (κ2) is 17.3. The number of aromatic nitrogens is 5. The number of carbonyl (C=O) groups is 2. The summed E-state index contributed by atoms with van der Waals surface area (Å²) in [6, 6.07) is 17.8. The fourth-order valence-corrected chi connectivity index (χ4v) is 8.07. The third-order valence-corrected chi connectivity index (χ3v) is 11.3. The SMILES string of the molecule is C=CC(=O)N1CCN(c2nc(NCCC(=O)NCc3ccc(-n4c(O)nnc4-c4cc(C(C)C)c(O)cc4O)cc3F)nc3c2CCN(c2cc(O)cc4ccccc24)C3)CC1. The van der Waals surface area contributed by atoms with Crippen LogP contribution in [0.4, 0.5) is 21.8 Å². The first-order valence-corrected chi connectivity index (χ1v) is 20.4. The van der Waals surface area contributed by atoms with Crippen molar-refractivity contribution in [2.75, 3.05) is 54.4 Å². The van der Waals surface area contributed by atoms with Gasteiger partial charge in [0, 0.05) is 86.6 Å². The molecule has 2 aliphatic rings. The van der Waals surface area contributed by atoms with Crippen LogP contribution in [0.1, 0.15) is 48.6 Å². The van der Waals surface area contributed by atoms with E-state index in [0.717, 1.165) is 33.5 Å². The highest BCUT2D eigenvalue weighted by Crippen LogP contribution is 2.40. The molecule has 0 unspecified atom stereocenters. The lowest BCUT2D eigenvalue weighted by atomic mass is 9.98. The highest BCUT2D eigenvalue weighted by atomic mass is 19.1. The van der Waals surface area contributed by atoms with Gasteiger partial charge in [0.15, 0.2) is 5.82 Å². The van der Waals surface area contributed by atoms with E-state index in [0.29, 0.717) is 57.2 Å². The molecule has 2 aromatic heterocycles. The minimum absolute atomic E-state index is 0.0334. The third kappa shape index (κ3) is 8.33. The number of amides is 2. The number of nitrogens with zero attached hydrogens (tertiary/aromatic N) is 8. The van der Waals surface area contributed by atoms with Gasteiger partial charge in [-0.1, -0.05) is 55.9 Å². The number of aromatic hydroxyl groups is 4. The first-order chi connectivity index (χ1) is 29.9. The first-order valence-electron chi connectivity index (χ1n) is 20.4. The predicted octanol–water partition coefficient (Wildman–Crippen LogP) is 5.48. The van der Waals surface area contributed by atoms with Gasteiger partial charge < -0.3 is 45.8 Å². The maximum Gasteiger partial charge on any atom is 0.319 e. The summed E-state index contributed by atoms with van der Waals surface area (Å²) in [7, 11) is 0. The molecule has 0 spiro atoms. The van der Waals surface area contributed by atoms with Crippen molar-refractivity contribution in [1.82, 2.24) is 34.9 Å². The van der Waals surface area contributed by atoms with Gasteiger partial charge in [0.2, 0.25) is 17.8 Å². The summed E-state index contributed by atoms with van der Waals surface area (Å²) in [6.07, 6.45) is 2.01. The van der Waals surface area contributed by atoms with Crippen LogP contribution in [0.15, 0.2) is 79.4 Å². The van der Waals surface area contributed by atoms with Crippen LogP contribution >= 0.6 is 0 Å². The lowest BCUT2D eigenvalue weighted by Crippen LogP contribution is -2.49. The number of rotatable bonds is 12. The smallest absolute Gasteiger partial charge is 0.319 e. The second-order valence-electron chi connectivity index (χ2n) is 15.6. The Morgan fingerprint density at radius 3 is 2.45 bits per heavy atom. The lowest BCUT2D eigenvalue weighted by Gasteiger charge is -2.38. The Morgan fingerprint density at radius 1 is 0.903 bits per heavy atom. The van der Waals surface area contributed by atoms with Crippen molar-refractivity contribution < 1.29 is 34.4 Å². The van der Waals surface area contributed by atoms with Crippen molar-refractivity contribution in [2.45, 2.75) is 45.7 Å². The molecule has 0 bridgehead atoms. The average molecular weight is 843 g/mol. The van der Waals surface area contributed by atoms with Crippen molar-refractivity contribution in [3.05, 3.63) is 108 Å². The molecular weight excluding hydrogens is 796 g/mol. The zero-order chi connectivity index (χ0) is 43.7. The van der Waals surface area contributed by atoms with Crippen LogP contribution in [0.5, 0.6) is 23.3 Å². The number of carbonyl (C=O) groups excluding carboxylic acids is 2. The summed E-state index contributed by atoms with van der Waals surface area (Å²) in [5.41, 5.74) is 3.82. The molecule has 0 aliphatic carbocycles. The molecule has 6 N–H and O–H groups in total. The van der Waals surface area contributed by atoms with Crippen LogP contribution in [0, 0.1) is 5.82 Å². The summed E-state index contributed by atoms with van der Waals surface area (Å²) in [6.45, 7) is 10.8. The van der Waals surface area contributed by atoms with Crippen molar-refractivity contribution in [2.24, 2.45) is 0 Å². The van der Waals surface area contributed by atoms with Gasteiger partial charge in [-0.05, 0) is 53.6 Å². The number of fused-ring (bicyclic) bond motifs is 2. The number of nitrogens with one attached hydrogen (secondary N) is 2. The quantitative estimate of drug-likeness (QED) is 0.0847. The lowest BCUT2D eigenvalue weighted by molar-refractivity contribution is -0.126. The van der Waals surface area contributed by atoms with E-state index in [9.17, 15) is 30.0 Å². The molecule has 4 aromatic carbocycles. The third-order valence-electron chi connectivity index (χ3n) is 11.3. The molecule has 4 heterocycles.